The first-order valence-electron chi connectivity index (χ1n) is 8.48. The summed E-state index contributed by atoms with van der Waals surface area (Å²) in [7, 11) is 0. The fourth-order valence-corrected chi connectivity index (χ4v) is 4.23. The van der Waals surface area contributed by atoms with Crippen molar-refractivity contribution in [3.05, 3.63) is 70.4 Å². The summed E-state index contributed by atoms with van der Waals surface area (Å²) in [5.41, 5.74) is -0.100. The highest BCUT2D eigenvalue weighted by Gasteiger charge is 2.56. The molecule has 1 aromatic carbocycles. The molecule has 0 amide bonds. The second kappa shape index (κ2) is 7.00. The van der Waals surface area contributed by atoms with Crippen LogP contribution in [0, 0.1) is 5.92 Å². The Balaban J connectivity index is 2.20. The number of thiophene rings is 1. The number of rotatable bonds is 6. The maximum Gasteiger partial charge on any atom is 0.342 e. The van der Waals surface area contributed by atoms with Crippen LogP contribution in [0.3, 0.4) is 0 Å². The summed E-state index contributed by atoms with van der Waals surface area (Å²) in [6, 6.07) is 13.1. The van der Waals surface area contributed by atoms with Gasteiger partial charge >= 0.3 is 5.97 Å². The number of Topliss-reactive ketones (excluding diaryl/α,β-unsaturated/α-hetero) is 1. The van der Waals surface area contributed by atoms with Gasteiger partial charge in [-0.25, -0.2) is 9.79 Å². The lowest BCUT2D eigenvalue weighted by atomic mass is 9.71. The molecule has 2 aromatic rings. The Hall–Kier alpha value is -2.53. The number of carbonyl (C=O) groups excluding carboxylic acids is 2. The van der Waals surface area contributed by atoms with E-state index in [1.165, 1.54) is 18.3 Å². The Labute approximate surface area is 157 Å². The van der Waals surface area contributed by atoms with E-state index in [9.17, 15) is 9.59 Å². The van der Waals surface area contributed by atoms with E-state index in [4.69, 9.17) is 9.73 Å². The van der Waals surface area contributed by atoms with Crippen LogP contribution in [-0.2, 0) is 14.3 Å². The molecule has 0 saturated heterocycles. The van der Waals surface area contributed by atoms with E-state index >= 15 is 0 Å². The van der Waals surface area contributed by atoms with E-state index in [-0.39, 0.29) is 11.7 Å². The normalized spacial score (nSPS) is 20.6. The molecule has 2 atom stereocenters. The molecule has 0 aliphatic carbocycles. The van der Waals surface area contributed by atoms with Crippen LogP contribution in [0.2, 0.25) is 0 Å². The minimum absolute atomic E-state index is 0.153. The SMILES string of the molecule is C=C(C(C)=O)[C@@H](c1cccs1)[C@]1(C(C)C)N=C(c2ccccc2)OC1=O. The first-order valence-corrected chi connectivity index (χ1v) is 9.36. The second-order valence-electron chi connectivity index (χ2n) is 6.68. The lowest BCUT2D eigenvalue weighted by Gasteiger charge is -2.34. The number of hydrogen-bond donors (Lipinski definition) is 0. The molecule has 3 rings (SSSR count). The number of ether oxygens (including phenoxy) is 1. The quantitative estimate of drug-likeness (QED) is 0.562. The summed E-state index contributed by atoms with van der Waals surface area (Å²) in [4.78, 5) is 30.9. The highest BCUT2D eigenvalue weighted by atomic mass is 32.1. The molecule has 0 fully saturated rings. The summed E-state index contributed by atoms with van der Waals surface area (Å²) >= 11 is 1.49. The molecule has 2 heterocycles. The molecule has 5 heteroatoms. The second-order valence-corrected chi connectivity index (χ2v) is 7.66. The van der Waals surface area contributed by atoms with Crippen LogP contribution < -0.4 is 0 Å². The van der Waals surface area contributed by atoms with Crippen molar-refractivity contribution < 1.29 is 14.3 Å². The van der Waals surface area contributed by atoms with Gasteiger partial charge in [-0.2, -0.15) is 0 Å². The highest BCUT2D eigenvalue weighted by molar-refractivity contribution is 7.10. The van der Waals surface area contributed by atoms with Gasteiger partial charge in [-0.05, 0) is 42.0 Å². The van der Waals surface area contributed by atoms with Gasteiger partial charge in [0.2, 0.25) is 5.90 Å². The van der Waals surface area contributed by atoms with Gasteiger partial charge < -0.3 is 4.74 Å². The van der Waals surface area contributed by atoms with Gasteiger partial charge in [0.1, 0.15) is 0 Å². The predicted octanol–water partition coefficient (Wildman–Crippen LogP) is 4.38. The van der Waals surface area contributed by atoms with Crippen molar-refractivity contribution in [3.63, 3.8) is 0 Å². The third-order valence-corrected chi connectivity index (χ3v) is 5.71. The molecule has 4 nitrogen and oxygen atoms in total. The number of nitrogens with zero attached hydrogens (tertiary/aromatic N) is 1. The van der Waals surface area contributed by atoms with E-state index in [2.05, 4.69) is 6.58 Å². The van der Waals surface area contributed by atoms with E-state index in [0.29, 0.717) is 11.5 Å². The topological polar surface area (TPSA) is 55.7 Å². The largest absolute Gasteiger partial charge is 0.405 e. The summed E-state index contributed by atoms with van der Waals surface area (Å²) in [6.45, 7) is 9.31. The van der Waals surface area contributed by atoms with Gasteiger partial charge in [-0.1, -0.05) is 44.7 Å². The zero-order valence-electron chi connectivity index (χ0n) is 15.1. The third kappa shape index (κ3) is 2.92. The van der Waals surface area contributed by atoms with Crippen LogP contribution >= 0.6 is 11.3 Å². The van der Waals surface area contributed by atoms with Gasteiger partial charge in [0.15, 0.2) is 11.3 Å². The average Bonchev–Trinajstić information content (AvgIpc) is 3.25. The van der Waals surface area contributed by atoms with E-state index < -0.39 is 17.4 Å². The van der Waals surface area contributed by atoms with Crippen LogP contribution in [0.4, 0.5) is 0 Å². The van der Waals surface area contributed by atoms with Crippen molar-refractivity contribution in [1.29, 1.82) is 0 Å². The highest BCUT2D eigenvalue weighted by Crippen LogP contribution is 2.47. The molecule has 1 aromatic heterocycles. The zero-order chi connectivity index (χ0) is 18.9. The maximum atomic E-state index is 13.1. The van der Waals surface area contributed by atoms with E-state index in [0.717, 1.165) is 10.4 Å². The molecule has 134 valence electrons. The molecular formula is C21H21NO3S. The van der Waals surface area contributed by atoms with Gasteiger partial charge in [0.05, 0.1) is 5.92 Å². The summed E-state index contributed by atoms with van der Waals surface area (Å²) in [5.74, 6) is -1.03. The van der Waals surface area contributed by atoms with Crippen molar-refractivity contribution in [2.45, 2.75) is 32.2 Å². The molecule has 0 bridgehead atoms. The first-order chi connectivity index (χ1) is 12.4. The lowest BCUT2D eigenvalue weighted by Crippen LogP contribution is -2.46. The van der Waals surface area contributed by atoms with Gasteiger partial charge in [-0.15, -0.1) is 11.3 Å². The number of esters is 1. The number of ketones is 1. The Bertz CT molecular complexity index is 868. The summed E-state index contributed by atoms with van der Waals surface area (Å²) in [6.07, 6.45) is 0. The Kier molecular flexibility index (Phi) is 4.92. The van der Waals surface area contributed by atoms with E-state index in [1.807, 2.05) is 61.7 Å². The van der Waals surface area contributed by atoms with Crippen LogP contribution in [-0.4, -0.2) is 23.2 Å². The minimum Gasteiger partial charge on any atom is -0.405 e. The van der Waals surface area contributed by atoms with Crippen LogP contribution in [0.15, 0.2) is 65.0 Å². The Morgan fingerprint density at radius 3 is 2.42 bits per heavy atom. The smallest absolute Gasteiger partial charge is 0.342 e. The Morgan fingerprint density at radius 2 is 1.88 bits per heavy atom. The monoisotopic (exact) mass is 367 g/mol. The molecular weight excluding hydrogens is 346 g/mol. The van der Waals surface area contributed by atoms with Gasteiger partial charge in [0.25, 0.3) is 0 Å². The maximum absolute atomic E-state index is 13.1. The van der Waals surface area contributed by atoms with Crippen molar-refractivity contribution in [2.24, 2.45) is 10.9 Å². The molecule has 0 radical (unpaired) electrons. The third-order valence-electron chi connectivity index (χ3n) is 4.77. The summed E-state index contributed by atoms with van der Waals surface area (Å²) < 4.78 is 5.60. The predicted molar refractivity (Wildman–Crippen MR) is 104 cm³/mol. The number of cyclic esters (lactones) is 1. The number of hydrogen-bond acceptors (Lipinski definition) is 5. The minimum atomic E-state index is -1.21. The molecule has 1 aliphatic heterocycles. The Morgan fingerprint density at radius 1 is 1.19 bits per heavy atom. The van der Waals surface area contributed by atoms with Crippen LogP contribution in [0.5, 0.6) is 0 Å². The van der Waals surface area contributed by atoms with Crippen molar-refractivity contribution in [2.75, 3.05) is 0 Å². The standard InChI is InChI=1S/C21H21NO3S/c1-13(2)21(18(14(3)15(4)23)17-11-8-12-26-17)20(24)25-19(22-21)16-9-6-5-7-10-16/h5-13,18H,3H2,1-2,4H3/t18-,21-/m0/s1. The van der Waals surface area contributed by atoms with Crippen molar-refractivity contribution in [1.82, 2.24) is 0 Å². The lowest BCUT2D eigenvalue weighted by molar-refractivity contribution is -0.141. The van der Waals surface area contributed by atoms with Crippen LogP contribution in [0.1, 0.15) is 37.1 Å². The fourth-order valence-electron chi connectivity index (χ4n) is 3.30. The number of benzene rings is 1. The zero-order valence-corrected chi connectivity index (χ0v) is 15.9. The first kappa shape index (κ1) is 18.3. The average molecular weight is 367 g/mol. The molecule has 0 N–H and O–H groups in total. The number of carbonyl (C=O) groups is 2. The van der Waals surface area contributed by atoms with E-state index in [1.54, 1.807) is 0 Å². The van der Waals surface area contributed by atoms with Crippen LogP contribution in [0.25, 0.3) is 0 Å². The summed E-state index contributed by atoms with van der Waals surface area (Å²) in [5, 5.41) is 1.92. The molecule has 0 saturated carbocycles. The van der Waals surface area contributed by atoms with Gasteiger partial charge in [-0.3, -0.25) is 4.79 Å². The van der Waals surface area contributed by atoms with Crippen molar-refractivity contribution in [3.8, 4) is 0 Å². The molecule has 26 heavy (non-hydrogen) atoms. The molecule has 0 spiro atoms. The molecule has 0 unspecified atom stereocenters. The van der Waals surface area contributed by atoms with Gasteiger partial charge in [0, 0.05) is 10.4 Å². The molecule has 1 aliphatic rings. The van der Waals surface area contributed by atoms with Crippen molar-refractivity contribution >= 4 is 29.0 Å². The fraction of sp³-hybridized carbons (Fsp3) is 0.286. The number of aliphatic imine (C=N–C) groups is 1.